The molecule has 0 saturated carbocycles. The summed E-state index contributed by atoms with van der Waals surface area (Å²) in [6.45, 7) is 0. The van der Waals surface area contributed by atoms with E-state index in [0.717, 1.165) is 5.56 Å². The number of hydrogen-bond acceptors (Lipinski definition) is 5. The second-order valence-corrected chi connectivity index (χ2v) is 5.33. The normalized spacial score (nSPS) is 11.9. The first-order valence-corrected chi connectivity index (χ1v) is 7.23. The van der Waals surface area contributed by atoms with E-state index in [9.17, 15) is 9.90 Å². The molecular weight excluding hydrogens is 290 g/mol. The van der Waals surface area contributed by atoms with Crippen LogP contribution in [0, 0.1) is 0 Å². The van der Waals surface area contributed by atoms with E-state index in [0.29, 0.717) is 16.5 Å². The van der Waals surface area contributed by atoms with Crippen molar-refractivity contribution < 1.29 is 19.7 Å². The molecule has 2 N–H and O–H groups in total. The molecule has 1 unspecified atom stereocenters. The van der Waals surface area contributed by atoms with E-state index in [-0.39, 0.29) is 5.56 Å². The Hall–Kier alpha value is -2.05. The fraction of sp³-hybridized carbons (Fsp3) is 0.200. The summed E-state index contributed by atoms with van der Waals surface area (Å²) < 4.78 is 5.12. The first-order chi connectivity index (χ1) is 10.1. The smallest absolute Gasteiger partial charge is 0.337 e. The van der Waals surface area contributed by atoms with Gasteiger partial charge in [-0.25, -0.2) is 9.78 Å². The number of aromatic carboxylic acids is 1. The highest BCUT2D eigenvalue weighted by Crippen LogP contribution is 2.25. The lowest BCUT2D eigenvalue weighted by molar-refractivity contribution is 0.0696. The van der Waals surface area contributed by atoms with Crippen LogP contribution in [0.25, 0.3) is 0 Å². The molecular formula is C15H15NO4S. The van der Waals surface area contributed by atoms with Crippen LogP contribution in [0.3, 0.4) is 0 Å². The van der Waals surface area contributed by atoms with Gasteiger partial charge in [0.1, 0.15) is 5.75 Å². The standard InChI is InChI=1S/C15H15NO4S/c1-20-12-4-2-3-10(7-12)13(17)9-21-14-6-5-11(8-16-14)15(18)19/h2-8,13,17H,9H2,1H3,(H,18,19). The number of ether oxygens (including phenoxy) is 1. The summed E-state index contributed by atoms with van der Waals surface area (Å²) in [7, 11) is 1.58. The summed E-state index contributed by atoms with van der Waals surface area (Å²) in [6.07, 6.45) is 0.661. The summed E-state index contributed by atoms with van der Waals surface area (Å²) in [4.78, 5) is 14.8. The number of benzene rings is 1. The zero-order valence-electron chi connectivity index (χ0n) is 11.4. The Bertz CT molecular complexity index is 615. The zero-order valence-corrected chi connectivity index (χ0v) is 12.2. The third-order valence-corrected chi connectivity index (χ3v) is 3.87. The van der Waals surface area contributed by atoms with E-state index in [1.165, 1.54) is 24.0 Å². The monoisotopic (exact) mass is 305 g/mol. The maximum Gasteiger partial charge on any atom is 0.337 e. The lowest BCUT2D eigenvalue weighted by Gasteiger charge is -2.11. The quantitative estimate of drug-likeness (QED) is 0.799. The fourth-order valence-electron chi connectivity index (χ4n) is 1.70. The van der Waals surface area contributed by atoms with Crippen molar-refractivity contribution in [2.75, 3.05) is 12.9 Å². The molecule has 2 aromatic rings. The van der Waals surface area contributed by atoms with Gasteiger partial charge in [0, 0.05) is 11.9 Å². The topological polar surface area (TPSA) is 79.7 Å². The minimum absolute atomic E-state index is 0.146. The van der Waals surface area contributed by atoms with Gasteiger partial charge in [-0.1, -0.05) is 12.1 Å². The number of carboxylic acid groups (broad SMARTS) is 1. The number of thioether (sulfide) groups is 1. The molecule has 0 amide bonds. The highest BCUT2D eigenvalue weighted by Gasteiger charge is 2.10. The Morgan fingerprint density at radius 1 is 1.38 bits per heavy atom. The van der Waals surface area contributed by atoms with Crippen LogP contribution in [0.15, 0.2) is 47.6 Å². The molecule has 0 saturated heterocycles. The van der Waals surface area contributed by atoms with Gasteiger partial charge in [0.05, 0.1) is 23.8 Å². The summed E-state index contributed by atoms with van der Waals surface area (Å²) in [5.41, 5.74) is 0.914. The van der Waals surface area contributed by atoms with Crippen LogP contribution >= 0.6 is 11.8 Å². The van der Waals surface area contributed by atoms with Gasteiger partial charge in [0.25, 0.3) is 0 Å². The van der Waals surface area contributed by atoms with Crippen molar-refractivity contribution >= 4 is 17.7 Å². The molecule has 110 valence electrons. The third kappa shape index (κ3) is 4.21. The summed E-state index contributed by atoms with van der Waals surface area (Å²) in [5.74, 6) is 0.114. The minimum atomic E-state index is -1.00. The zero-order chi connectivity index (χ0) is 15.2. The van der Waals surface area contributed by atoms with Gasteiger partial charge in [0.15, 0.2) is 0 Å². The van der Waals surface area contributed by atoms with Crippen LogP contribution < -0.4 is 4.74 Å². The van der Waals surface area contributed by atoms with Crippen molar-refractivity contribution in [1.29, 1.82) is 0 Å². The lowest BCUT2D eigenvalue weighted by Crippen LogP contribution is -2.02. The molecule has 0 aliphatic rings. The van der Waals surface area contributed by atoms with Crippen molar-refractivity contribution in [2.45, 2.75) is 11.1 Å². The molecule has 2 rings (SSSR count). The minimum Gasteiger partial charge on any atom is -0.497 e. The van der Waals surface area contributed by atoms with Crippen molar-refractivity contribution in [3.05, 3.63) is 53.7 Å². The molecule has 0 bridgehead atoms. The first kappa shape index (κ1) is 15.3. The van der Waals surface area contributed by atoms with Crippen molar-refractivity contribution in [3.8, 4) is 5.75 Å². The van der Waals surface area contributed by atoms with Gasteiger partial charge >= 0.3 is 5.97 Å². The Labute approximate surface area is 126 Å². The molecule has 1 atom stereocenters. The predicted molar refractivity (Wildman–Crippen MR) is 79.9 cm³/mol. The number of hydrogen-bond donors (Lipinski definition) is 2. The lowest BCUT2D eigenvalue weighted by atomic mass is 10.1. The largest absolute Gasteiger partial charge is 0.497 e. The summed E-state index contributed by atoms with van der Waals surface area (Å²) in [5, 5.41) is 19.6. The van der Waals surface area contributed by atoms with Gasteiger partial charge in [0.2, 0.25) is 0 Å². The number of carbonyl (C=O) groups is 1. The van der Waals surface area contributed by atoms with Crippen LogP contribution in [0.2, 0.25) is 0 Å². The molecule has 1 heterocycles. The van der Waals surface area contributed by atoms with Crippen LogP contribution in [-0.4, -0.2) is 34.0 Å². The third-order valence-electron chi connectivity index (χ3n) is 2.85. The molecule has 1 aromatic carbocycles. The molecule has 5 nitrogen and oxygen atoms in total. The van der Waals surface area contributed by atoms with Gasteiger partial charge in [-0.3, -0.25) is 0 Å². The number of rotatable bonds is 6. The maximum atomic E-state index is 10.7. The second-order valence-electron chi connectivity index (χ2n) is 4.29. The SMILES string of the molecule is COc1cccc(C(O)CSc2ccc(C(=O)O)cn2)c1. The van der Waals surface area contributed by atoms with Gasteiger partial charge in [-0.15, -0.1) is 11.8 Å². The Balaban J connectivity index is 1.96. The maximum absolute atomic E-state index is 10.7. The van der Waals surface area contributed by atoms with E-state index in [2.05, 4.69) is 4.98 Å². The van der Waals surface area contributed by atoms with Crippen LogP contribution in [-0.2, 0) is 0 Å². The van der Waals surface area contributed by atoms with E-state index >= 15 is 0 Å². The molecule has 0 aliphatic heterocycles. The van der Waals surface area contributed by atoms with E-state index < -0.39 is 12.1 Å². The molecule has 0 spiro atoms. The molecule has 0 radical (unpaired) electrons. The highest BCUT2D eigenvalue weighted by molar-refractivity contribution is 7.99. The predicted octanol–water partition coefficient (Wildman–Crippen LogP) is 2.61. The van der Waals surface area contributed by atoms with E-state index in [4.69, 9.17) is 9.84 Å². The number of aliphatic hydroxyl groups is 1. The molecule has 1 aromatic heterocycles. The van der Waals surface area contributed by atoms with Gasteiger partial charge in [-0.2, -0.15) is 0 Å². The summed E-state index contributed by atoms with van der Waals surface area (Å²) in [6, 6.07) is 10.4. The average Bonchev–Trinajstić information content (AvgIpc) is 2.53. The Morgan fingerprint density at radius 2 is 2.19 bits per heavy atom. The highest BCUT2D eigenvalue weighted by atomic mass is 32.2. The Morgan fingerprint density at radius 3 is 2.81 bits per heavy atom. The van der Waals surface area contributed by atoms with Crippen LogP contribution in [0.4, 0.5) is 0 Å². The Kier molecular flexibility index (Phi) is 5.19. The number of nitrogens with zero attached hydrogens (tertiary/aromatic N) is 1. The first-order valence-electron chi connectivity index (χ1n) is 6.24. The number of aliphatic hydroxyl groups excluding tert-OH is 1. The van der Waals surface area contributed by atoms with Crippen LogP contribution in [0.1, 0.15) is 22.0 Å². The average molecular weight is 305 g/mol. The van der Waals surface area contributed by atoms with E-state index in [1.807, 2.05) is 18.2 Å². The van der Waals surface area contributed by atoms with Crippen molar-refractivity contribution in [3.63, 3.8) is 0 Å². The van der Waals surface area contributed by atoms with Gasteiger partial charge in [-0.05, 0) is 29.8 Å². The number of methoxy groups -OCH3 is 1. The number of aromatic nitrogens is 1. The van der Waals surface area contributed by atoms with Crippen molar-refractivity contribution in [2.24, 2.45) is 0 Å². The van der Waals surface area contributed by atoms with E-state index in [1.54, 1.807) is 19.2 Å². The molecule has 0 aliphatic carbocycles. The fourth-order valence-corrected chi connectivity index (χ4v) is 2.51. The molecule has 6 heteroatoms. The number of pyridine rings is 1. The molecule has 21 heavy (non-hydrogen) atoms. The van der Waals surface area contributed by atoms with Crippen molar-refractivity contribution in [1.82, 2.24) is 4.98 Å². The molecule has 0 fully saturated rings. The van der Waals surface area contributed by atoms with Crippen LogP contribution in [0.5, 0.6) is 5.75 Å². The second kappa shape index (κ2) is 7.10. The van der Waals surface area contributed by atoms with Gasteiger partial charge < -0.3 is 14.9 Å². The summed E-state index contributed by atoms with van der Waals surface area (Å²) >= 11 is 1.36. The number of carboxylic acids is 1.